The van der Waals surface area contributed by atoms with Crippen molar-refractivity contribution in [3.63, 3.8) is 0 Å². The molecule has 0 spiro atoms. The monoisotopic (exact) mass is 392 g/mol. The Morgan fingerprint density at radius 2 is 1.79 bits per heavy atom. The van der Waals surface area contributed by atoms with Crippen molar-refractivity contribution in [2.45, 2.75) is 6.18 Å². The number of rotatable bonds is 6. The summed E-state index contributed by atoms with van der Waals surface area (Å²) >= 11 is 0. The van der Waals surface area contributed by atoms with E-state index in [1.807, 2.05) is 31.1 Å². The summed E-state index contributed by atoms with van der Waals surface area (Å²) < 4.78 is 42.8. The Morgan fingerprint density at radius 3 is 2.39 bits per heavy atom. The van der Waals surface area contributed by atoms with Crippen LogP contribution in [0.5, 0.6) is 0 Å². The van der Waals surface area contributed by atoms with Gasteiger partial charge < -0.3 is 15.0 Å². The number of alkyl halides is 3. The SMILES string of the molecule is CN(C)c1ccc(NC(=O)COC(=O)/C=C/c2cccc(C(F)(F)F)c2)cc1. The van der Waals surface area contributed by atoms with Crippen molar-refractivity contribution in [1.29, 1.82) is 0 Å². The Hall–Kier alpha value is -3.29. The molecule has 2 aromatic rings. The number of anilines is 2. The third-order valence-corrected chi connectivity index (χ3v) is 3.64. The minimum atomic E-state index is -4.47. The molecule has 5 nitrogen and oxygen atoms in total. The van der Waals surface area contributed by atoms with E-state index >= 15 is 0 Å². The lowest BCUT2D eigenvalue weighted by atomic mass is 10.1. The van der Waals surface area contributed by atoms with Gasteiger partial charge in [0, 0.05) is 31.5 Å². The first-order valence-electron chi connectivity index (χ1n) is 8.24. The van der Waals surface area contributed by atoms with Crippen LogP contribution in [0.2, 0.25) is 0 Å². The van der Waals surface area contributed by atoms with Gasteiger partial charge in [0.15, 0.2) is 6.61 Å². The fourth-order valence-electron chi connectivity index (χ4n) is 2.21. The predicted octanol–water partition coefficient (Wildman–Crippen LogP) is 3.97. The van der Waals surface area contributed by atoms with Crippen LogP contribution in [-0.2, 0) is 20.5 Å². The zero-order valence-electron chi connectivity index (χ0n) is 15.3. The van der Waals surface area contributed by atoms with Crippen LogP contribution in [-0.4, -0.2) is 32.6 Å². The molecule has 0 aliphatic heterocycles. The zero-order valence-corrected chi connectivity index (χ0v) is 15.3. The minimum Gasteiger partial charge on any atom is -0.452 e. The topological polar surface area (TPSA) is 58.6 Å². The highest BCUT2D eigenvalue weighted by molar-refractivity contribution is 5.94. The van der Waals surface area contributed by atoms with E-state index < -0.39 is 30.2 Å². The van der Waals surface area contributed by atoms with Gasteiger partial charge in [-0.15, -0.1) is 0 Å². The number of hydrogen-bond donors (Lipinski definition) is 1. The molecule has 2 aromatic carbocycles. The molecular weight excluding hydrogens is 373 g/mol. The first-order chi connectivity index (χ1) is 13.1. The van der Waals surface area contributed by atoms with Gasteiger partial charge in [-0.25, -0.2) is 4.79 Å². The third kappa shape index (κ3) is 6.46. The normalized spacial score (nSPS) is 11.3. The number of carbonyl (C=O) groups excluding carboxylic acids is 2. The van der Waals surface area contributed by atoms with Crippen molar-refractivity contribution in [2.75, 3.05) is 30.9 Å². The summed E-state index contributed by atoms with van der Waals surface area (Å²) in [6.07, 6.45) is -2.31. The average Bonchev–Trinajstić information content (AvgIpc) is 2.64. The Bertz CT molecular complexity index is 860. The number of hydrogen-bond acceptors (Lipinski definition) is 4. The van der Waals surface area contributed by atoms with Gasteiger partial charge in [-0.2, -0.15) is 13.2 Å². The molecule has 0 unspecified atom stereocenters. The van der Waals surface area contributed by atoms with Gasteiger partial charge in [-0.3, -0.25) is 4.79 Å². The average molecular weight is 392 g/mol. The van der Waals surface area contributed by atoms with Crippen LogP contribution in [0.25, 0.3) is 6.08 Å². The van der Waals surface area contributed by atoms with Crippen LogP contribution in [0, 0.1) is 0 Å². The van der Waals surface area contributed by atoms with Crippen molar-refractivity contribution in [2.24, 2.45) is 0 Å². The van der Waals surface area contributed by atoms with Gasteiger partial charge in [0.05, 0.1) is 5.56 Å². The molecular formula is C20H19F3N2O3. The van der Waals surface area contributed by atoms with E-state index in [1.165, 1.54) is 18.2 Å². The van der Waals surface area contributed by atoms with Gasteiger partial charge >= 0.3 is 12.1 Å². The molecule has 0 aliphatic rings. The third-order valence-electron chi connectivity index (χ3n) is 3.64. The lowest BCUT2D eigenvalue weighted by Gasteiger charge is -2.13. The van der Waals surface area contributed by atoms with Crippen molar-refractivity contribution in [1.82, 2.24) is 0 Å². The number of ether oxygens (including phenoxy) is 1. The molecule has 0 aliphatic carbocycles. The highest BCUT2D eigenvalue weighted by Crippen LogP contribution is 2.29. The quantitative estimate of drug-likeness (QED) is 0.597. The zero-order chi connectivity index (χ0) is 20.7. The molecule has 8 heteroatoms. The summed E-state index contributed by atoms with van der Waals surface area (Å²) in [5.41, 5.74) is 0.884. The predicted molar refractivity (Wildman–Crippen MR) is 101 cm³/mol. The Morgan fingerprint density at radius 1 is 1.11 bits per heavy atom. The fourth-order valence-corrected chi connectivity index (χ4v) is 2.21. The van der Waals surface area contributed by atoms with E-state index in [2.05, 4.69) is 5.32 Å². The number of nitrogens with zero attached hydrogens (tertiary/aromatic N) is 1. The summed E-state index contributed by atoms with van der Waals surface area (Å²) in [6.45, 7) is -0.513. The van der Waals surface area contributed by atoms with Crippen LogP contribution < -0.4 is 10.2 Å². The van der Waals surface area contributed by atoms with Gasteiger partial charge in [0.2, 0.25) is 0 Å². The Labute approximate surface area is 160 Å². The molecule has 0 bridgehead atoms. The van der Waals surface area contributed by atoms with Crippen LogP contribution >= 0.6 is 0 Å². The molecule has 0 aromatic heterocycles. The summed E-state index contributed by atoms with van der Waals surface area (Å²) in [6, 6.07) is 11.6. The maximum Gasteiger partial charge on any atom is 0.416 e. The number of amides is 1. The second-order valence-corrected chi connectivity index (χ2v) is 6.05. The molecule has 0 radical (unpaired) electrons. The van der Waals surface area contributed by atoms with E-state index in [9.17, 15) is 22.8 Å². The lowest BCUT2D eigenvalue weighted by molar-refractivity contribution is -0.142. The fraction of sp³-hybridized carbons (Fsp3) is 0.200. The molecule has 0 saturated heterocycles. The highest BCUT2D eigenvalue weighted by Gasteiger charge is 2.30. The smallest absolute Gasteiger partial charge is 0.416 e. The van der Waals surface area contributed by atoms with E-state index in [1.54, 1.807) is 12.1 Å². The summed E-state index contributed by atoms with van der Waals surface area (Å²) in [4.78, 5) is 25.4. The van der Waals surface area contributed by atoms with Gasteiger partial charge in [-0.1, -0.05) is 12.1 Å². The number of nitrogens with one attached hydrogen (secondary N) is 1. The molecule has 1 amide bonds. The van der Waals surface area contributed by atoms with Crippen LogP contribution in [0.15, 0.2) is 54.6 Å². The first kappa shape index (κ1) is 21.0. The molecule has 28 heavy (non-hydrogen) atoms. The van der Waals surface area contributed by atoms with Crippen molar-refractivity contribution >= 4 is 29.3 Å². The summed E-state index contributed by atoms with van der Waals surface area (Å²) in [7, 11) is 3.78. The molecule has 0 heterocycles. The number of benzene rings is 2. The molecule has 0 fully saturated rings. The van der Waals surface area contributed by atoms with E-state index in [0.717, 1.165) is 23.9 Å². The molecule has 1 N–H and O–H groups in total. The largest absolute Gasteiger partial charge is 0.452 e. The van der Waals surface area contributed by atoms with Crippen LogP contribution in [0.1, 0.15) is 11.1 Å². The van der Waals surface area contributed by atoms with E-state index in [4.69, 9.17) is 4.74 Å². The maximum absolute atomic E-state index is 12.7. The Balaban J connectivity index is 1.85. The van der Waals surface area contributed by atoms with Crippen LogP contribution in [0.3, 0.4) is 0 Å². The number of esters is 1. The Kier molecular flexibility index (Phi) is 6.81. The second-order valence-electron chi connectivity index (χ2n) is 6.05. The minimum absolute atomic E-state index is 0.192. The van der Waals surface area contributed by atoms with Crippen LogP contribution in [0.4, 0.5) is 24.5 Å². The van der Waals surface area contributed by atoms with E-state index in [-0.39, 0.29) is 5.56 Å². The van der Waals surface area contributed by atoms with Gasteiger partial charge in [0.1, 0.15) is 0 Å². The van der Waals surface area contributed by atoms with E-state index in [0.29, 0.717) is 5.69 Å². The van der Waals surface area contributed by atoms with Gasteiger partial charge in [-0.05, 0) is 48.0 Å². The molecule has 0 saturated carbocycles. The first-order valence-corrected chi connectivity index (χ1v) is 8.24. The number of carbonyl (C=O) groups is 2. The lowest BCUT2D eigenvalue weighted by Crippen LogP contribution is -2.20. The molecule has 148 valence electrons. The molecule has 2 rings (SSSR count). The summed E-state index contributed by atoms with van der Waals surface area (Å²) in [5.74, 6) is -1.37. The molecule has 0 atom stereocenters. The van der Waals surface area contributed by atoms with Crippen molar-refractivity contribution in [3.8, 4) is 0 Å². The maximum atomic E-state index is 12.7. The number of halogens is 3. The second kappa shape index (κ2) is 9.07. The standard InChI is InChI=1S/C20H19F3N2O3/c1-25(2)17-9-7-16(8-10-17)24-18(26)13-28-19(27)11-6-14-4-3-5-15(12-14)20(21,22)23/h3-12H,13H2,1-2H3,(H,24,26)/b11-6+. The van der Waals surface area contributed by atoms with Crippen molar-refractivity contribution < 1.29 is 27.5 Å². The summed E-state index contributed by atoms with van der Waals surface area (Å²) in [5, 5.41) is 2.58. The van der Waals surface area contributed by atoms with Gasteiger partial charge in [0.25, 0.3) is 5.91 Å². The highest BCUT2D eigenvalue weighted by atomic mass is 19.4. The van der Waals surface area contributed by atoms with Crippen molar-refractivity contribution in [3.05, 3.63) is 65.7 Å².